The molecule has 2 N–H and O–H groups in total. The molecule has 3 rings (SSSR count). The van der Waals surface area contributed by atoms with Crippen molar-refractivity contribution in [2.24, 2.45) is 17.8 Å². The predicted molar refractivity (Wildman–Crippen MR) is 97.2 cm³/mol. The molecule has 0 aromatic heterocycles. The second-order valence-electron chi connectivity index (χ2n) is 8.28. The molecule has 4 nitrogen and oxygen atoms in total. The highest BCUT2D eigenvalue weighted by molar-refractivity contribution is 5.94. The fraction of sp³-hybridized carbons (Fsp3) is 0.857. The van der Waals surface area contributed by atoms with Gasteiger partial charge >= 0.3 is 0 Å². The smallest absolute Gasteiger partial charge is 0.165 e. The van der Waals surface area contributed by atoms with E-state index in [9.17, 15) is 15.0 Å². The summed E-state index contributed by atoms with van der Waals surface area (Å²) in [6.45, 7) is 2.74. The SMILES string of the molecule is CCCCO[C@@]12CC[C@H](O)[C@@H](C=C[C@H](O)C3CCCCC3)[C@@H]1CC2=O. The first kappa shape index (κ1) is 19.1. The van der Waals surface area contributed by atoms with Crippen LogP contribution in [0.3, 0.4) is 0 Å². The van der Waals surface area contributed by atoms with Gasteiger partial charge in [0.05, 0.1) is 12.2 Å². The Hall–Kier alpha value is -0.710. The molecule has 0 aliphatic heterocycles. The summed E-state index contributed by atoms with van der Waals surface area (Å²) in [6.07, 6.45) is 12.6. The summed E-state index contributed by atoms with van der Waals surface area (Å²) >= 11 is 0. The molecule has 0 aromatic carbocycles. The average Bonchev–Trinajstić information content (AvgIpc) is 2.63. The van der Waals surface area contributed by atoms with E-state index in [1.165, 1.54) is 19.3 Å². The summed E-state index contributed by atoms with van der Waals surface area (Å²) in [5, 5.41) is 21.0. The van der Waals surface area contributed by atoms with Crippen LogP contribution in [0.4, 0.5) is 0 Å². The minimum absolute atomic E-state index is 0.0652. The predicted octanol–water partition coefficient (Wildman–Crippen LogP) is 3.40. The van der Waals surface area contributed by atoms with Gasteiger partial charge in [-0.15, -0.1) is 0 Å². The largest absolute Gasteiger partial charge is 0.393 e. The standard InChI is InChI=1S/C21H34O4/c1-2-3-13-25-21-12-11-19(23)16(17(21)14-20(21)24)9-10-18(22)15-7-5-4-6-8-15/h9-10,15-19,22-23H,2-8,11-14H2,1H3/t16-,17-,18-,19-,21-/m0/s1. The van der Waals surface area contributed by atoms with Crippen molar-refractivity contribution in [3.05, 3.63) is 12.2 Å². The summed E-state index contributed by atoms with van der Waals surface area (Å²) in [5.41, 5.74) is -0.667. The molecule has 3 aliphatic carbocycles. The van der Waals surface area contributed by atoms with E-state index in [4.69, 9.17) is 4.74 Å². The number of Topliss-reactive ketones (excluding diaryl/α,β-unsaturated/α-hetero) is 1. The second-order valence-corrected chi connectivity index (χ2v) is 8.28. The van der Waals surface area contributed by atoms with Crippen LogP contribution in [0.25, 0.3) is 0 Å². The van der Waals surface area contributed by atoms with Crippen LogP contribution in [-0.2, 0) is 9.53 Å². The molecular formula is C21H34O4. The molecule has 3 saturated carbocycles. The van der Waals surface area contributed by atoms with E-state index < -0.39 is 17.8 Å². The van der Waals surface area contributed by atoms with Crippen LogP contribution < -0.4 is 0 Å². The van der Waals surface area contributed by atoms with Crippen LogP contribution >= 0.6 is 0 Å². The minimum atomic E-state index is -0.667. The monoisotopic (exact) mass is 350 g/mol. The summed E-state index contributed by atoms with van der Waals surface area (Å²) in [6, 6.07) is 0. The molecule has 142 valence electrons. The number of aliphatic hydroxyl groups excluding tert-OH is 2. The summed E-state index contributed by atoms with van der Waals surface area (Å²) in [4.78, 5) is 12.3. The number of rotatable bonds is 7. The van der Waals surface area contributed by atoms with E-state index >= 15 is 0 Å². The first-order valence-electron chi connectivity index (χ1n) is 10.3. The fourth-order valence-electron chi connectivity index (χ4n) is 5.00. The third kappa shape index (κ3) is 3.86. The van der Waals surface area contributed by atoms with E-state index in [0.717, 1.165) is 25.7 Å². The highest BCUT2D eigenvalue weighted by Gasteiger charge is 2.61. The fourth-order valence-corrected chi connectivity index (χ4v) is 5.00. The van der Waals surface area contributed by atoms with Crippen LogP contribution in [0, 0.1) is 17.8 Å². The van der Waals surface area contributed by atoms with Crippen molar-refractivity contribution in [2.45, 2.75) is 88.9 Å². The number of unbranched alkanes of at least 4 members (excludes halogenated alkanes) is 1. The topological polar surface area (TPSA) is 66.8 Å². The molecule has 4 heteroatoms. The maximum atomic E-state index is 12.3. The van der Waals surface area contributed by atoms with Gasteiger partial charge in [-0.05, 0) is 38.0 Å². The van der Waals surface area contributed by atoms with Crippen molar-refractivity contribution < 1.29 is 19.7 Å². The van der Waals surface area contributed by atoms with Gasteiger partial charge in [0.15, 0.2) is 5.78 Å². The maximum absolute atomic E-state index is 12.3. The molecule has 3 fully saturated rings. The molecule has 3 aliphatic rings. The highest BCUT2D eigenvalue weighted by atomic mass is 16.5. The molecule has 0 aromatic rings. The van der Waals surface area contributed by atoms with Gasteiger partial charge in [0, 0.05) is 24.9 Å². The van der Waals surface area contributed by atoms with Crippen molar-refractivity contribution in [1.82, 2.24) is 0 Å². The maximum Gasteiger partial charge on any atom is 0.165 e. The minimum Gasteiger partial charge on any atom is -0.393 e. The van der Waals surface area contributed by atoms with Crippen molar-refractivity contribution in [2.75, 3.05) is 6.61 Å². The summed E-state index contributed by atoms with van der Waals surface area (Å²) < 4.78 is 6.07. The highest BCUT2D eigenvalue weighted by Crippen LogP contribution is 2.52. The second kappa shape index (κ2) is 8.32. The van der Waals surface area contributed by atoms with E-state index in [0.29, 0.717) is 31.8 Å². The van der Waals surface area contributed by atoms with Gasteiger partial charge in [0.1, 0.15) is 5.60 Å². The molecule has 0 heterocycles. The van der Waals surface area contributed by atoms with Gasteiger partial charge in [0.25, 0.3) is 0 Å². The quantitative estimate of drug-likeness (QED) is 0.545. The number of hydrogen-bond donors (Lipinski definition) is 2. The number of fused-ring (bicyclic) bond motifs is 1. The van der Waals surface area contributed by atoms with Gasteiger partial charge in [-0.2, -0.15) is 0 Å². The van der Waals surface area contributed by atoms with Gasteiger partial charge in [-0.3, -0.25) is 4.79 Å². The Morgan fingerprint density at radius 2 is 2.04 bits per heavy atom. The molecule has 0 unspecified atom stereocenters. The average molecular weight is 350 g/mol. The van der Waals surface area contributed by atoms with Crippen LogP contribution in [0.5, 0.6) is 0 Å². The van der Waals surface area contributed by atoms with Crippen LogP contribution in [-0.4, -0.2) is 40.4 Å². The van der Waals surface area contributed by atoms with Gasteiger partial charge in [-0.1, -0.05) is 44.8 Å². The molecule has 0 spiro atoms. The summed E-state index contributed by atoms with van der Waals surface area (Å²) in [5.74, 6) is 0.535. The van der Waals surface area contributed by atoms with Crippen LogP contribution in [0.15, 0.2) is 12.2 Å². The van der Waals surface area contributed by atoms with Gasteiger partial charge in [0.2, 0.25) is 0 Å². The molecule has 0 radical (unpaired) electrons. The number of aliphatic hydroxyl groups is 2. The Morgan fingerprint density at radius 3 is 2.72 bits per heavy atom. The van der Waals surface area contributed by atoms with Crippen LogP contribution in [0.2, 0.25) is 0 Å². The van der Waals surface area contributed by atoms with E-state index in [-0.39, 0.29) is 17.6 Å². The van der Waals surface area contributed by atoms with E-state index in [1.807, 2.05) is 12.2 Å². The molecule has 0 saturated heterocycles. The molecule has 0 amide bonds. The number of carbonyl (C=O) groups is 1. The first-order chi connectivity index (χ1) is 12.1. The number of ether oxygens (including phenoxy) is 1. The van der Waals surface area contributed by atoms with E-state index in [2.05, 4.69) is 6.92 Å². The first-order valence-corrected chi connectivity index (χ1v) is 10.3. The van der Waals surface area contributed by atoms with E-state index in [1.54, 1.807) is 0 Å². The molecular weight excluding hydrogens is 316 g/mol. The third-order valence-electron chi connectivity index (χ3n) is 6.72. The Morgan fingerprint density at radius 1 is 1.28 bits per heavy atom. The van der Waals surface area contributed by atoms with Crippen molar-refractivity contribution in [3.63, 3.8) is 0 Å². The lowest BCUT2D eigenvalue weighted by Gasteiger charge is -2.54. The molecule has 5 atom stereocenters. The summed E-state index contributed by atoms with van der Waals surface area (Å²) in [7, 11) is 0. The van der Waals surface area contributed by atoms with Crippen LogP contribution in [0.1, 0.15) is 71.1 Å². The number of hydrogen-bond acceptors (Lipinski definition) is 4. The number of carbonyl (C=O) groups excluding carboxylic acids is 1. The molecule has 0 bridgehead atoms. The van der Waals surface area contributed by atoms with Gasteiger partial charge in [-0.25, -0.2) is 0 Å². The Labute approximate surface area is 151 Å². The lowest BCUT2D eigenvalue weighted by molar-refractivity contribution is -0.199. The Bertz CT molecular complexity index is 482. The van der Waals surface area contributed by atoms with Crippen molar-refractivity contribution in [1.29, 1.82) is 0 Å². The Balaban J connectivity index is 1.65. The third-order valence-corrected chi connectivity index (χ3v) is 6.72. The Kier molecular flexibility index (Phi) is 6.35. The zero-order valence-corrected chi connectivity index (χ0v) is 15.5. The normalized spacial score (nSPS) is 37.7. The lowest BCUT2D eigenvalue weighted by atomic mass is 9.55. The van der Waals surface area contributed by atoms with Crippen molar-refractivity contribution in [3.8, 4) is 0 Å². The molecule has 25 heavy (non-hydrogen) atoms. The lowest BCUT2D eigenvalue weighted by Crippen LogP contribution is -2.65. The van der Waals surface area contributed by atoms with Crippen molar-refractivity contribution >= 4 is 5.78 Å². The zero-order valence-electron chi connectivity index (χ0n) is 15.5. The number of ketones is 1. The van der Waals surface area contributed by atoms with Gasteiger partial charge < -0.3 is 14.9 Å². The zero-order chi connectivity index (χ0) is 17.9.